The van der Waals surface area contributed by atoms with Crippen LogP contribution in [0.2, 0.25) is 0 Å². The zero-order valence-corrected chi connectivity index (χ0v) is 11.7. The first-order valence-corrected chi connectivity index (χ1v) is 6.74. The third-order valence-electron chi connectivity index (χ3n) is 3.07. The summed E-state index contributed by atoms with van der Waals surface area (Å²) < 4.78 is 5.41. The van der Waals surface area contributed by atoms with Gasteiger partial charge in [0.1, 0.15) is 0 Å². The van der Waals surface area contributed by atoms with E-state index < -0.39 is 0 Å². The molecule has 0 spiro atoms. The van der Waals surface area contributed by atoms with Gasteiger partial charge in [-0.3, -0.25) is 0 Å². The molecule has 1 atom stereocenters. The summed E-state index contributed by atoms with van der Waals surface area (Å²) in [5.74, 6) is 0.415. The van der Waals surface area contributed by atoms with Crippen LogP contribution in [0.4, 0.5) is 11.7 Å². The fraction of sp³-hybridized carbons (Fsp3) is 0.125. The fourth-order valence-corrected chi connectivity index (χ4v) is 1.97. The van der Waals surface area contributed by atoms with Crippen molar-refractivity contribution in [1.82, 2.24) is 10.2 Å². The van der Waals surface area contributed by atoms with Crippen LogP contribution in [0.15, 0.2) is 59.0 Å². The molecular weight excluding hydrogens is 264 g/mol. The van der Waals surface area contributed by atoms with E-state index >= 15 is 0 Å². The molecule has 5 heteroatoms. The summed E-state index contributed by atoms with van der Waals surface area (Å²) in [6, 6.07) is 18.3. The highest BCUT2D eigenvalue weighted by molar-refractivity contribution is 5.66. The number of hydrogen-bond donors (Lipinski definition) is 2. The lowest BCUT2D eigenvalue weighted by Crippen LogP contribution is -2.04. The Hall–Kier alpha value is -2.66. The number of nitrogens with two attached hydrogens (primary N) is 1. The van der Waals surface area contributed by atoms with Gasteiger partial charge >= 0.3 is 6.01 Å². The second kappa shape index (κ2) is 5.76. The monoisotopic (exact) mass is 280 g/mol. The molecule has 0 aliphatic heterocycles. The second-order valence-electron chi connectivity index (χ2n) is 4.80. The molecule has 3 aromatic rings. The van der Waals surface area contributed by atoms with Crippen molar-refractivity contribution >= 4 is 11.7 Å². The summed E-state index contributed by atoms with van der Waals surface area (Å²) in [5.41, 5.74) is 8.90. The third-order valence-corrected chi connectivity index (χ3v) is 3.07. The second-order valence-corrected chi connectivity index (χ2v) is 4.80. The van der Waals surface area contributed by atoms with Crippen LogP contribution in [0.3, 0.4) is 0 Å². The highest BCUT2D eigenvalue weighted by atomic mass is 16.4. The van der Waals surface area contributed by atoms with Crippen molar-refractivity contribution in [2.45, 2.75) is 13.0 Å². The topological polar surface area (TPSA) is 77.0 Å². The first kappa shape index (κ1) is 13.3. The highest BCUT2D eigenvalue weighted by Crippen LogP contribution is 2.23. The van der Waals surface area contributed by atoms with Crippen LogP contribution in [0.1, 0.15) is 18.9 Å². The normalized spacial score (nSPS) is 12.1. The molecule has 0 aliphatic rings. The van der Waals surface area contributed by atoms with Crippen molar-refractivity contribution in [3.8, 4) is 11.1 Å². The van der Waals surface area contributed by atoms with Crippen molar-refractivity contribution in [3.63, 3.8) is 0 Å². The lowest BCUT2D eigenvalue weighted by Gasteiger charge is -2.04. The first-order valence-electron chi connectivity index (χ1n) is 6.74. The Morgan fingerprint density at radius 2 is 1.62 bits per heavy atom. The zero-order valence-electron chi connectivity index (χ0n) is 11.7. The Morgan fingerprint density at radius 3 is 2.24 bits per heavy atom. The minimum atomic E-state index is -0.270. The van der Waals surface area contributed by atoms with Gasteiger partial charge in [-0.1, -0.05) is 47.6 Å². The predicted octanol–water partition coefficient (Wildman–Crippen LogP) is 3.50. The lowest BCUT2D eigenvalue weighted by molar-refractivity contribution is 0.475. The summed E-state index contributed by atoms with van der Waals surface area (Å²) in [5, 5.41) is 10.8. The van der Waals surface area contributed by atoms with Crippen LogP contribution in [-0.4, -0.2) is 10.2 Å². The van der Waals surface area contributed by atoms with Crippen molar-refractivity contribution in [2.24, 2.45) is 5.73 Å². The Bertz CT molecular complexity index is 705. The van der Waals surface area contributed by atoms with Gasteiger partial charge in [0.05, 0.1) is 6.04 Å². The summed E-state index contributed by atoms with van der Waals surface area (Å²) in [6.45, 7) is 1.80. The van der Waals surface area contributed by atoms with Crippen LogP contribution in [0.5, 0.6) is 0 Å². The number of nitrogens with one attached hydrogen (secondary N) is 1. The summed E-state index contributed by atoms with van der Waals surface area (Å²) >= 11 is 0. The minimum absolute atomic E-state index is 0.270. The molecule has 2 aromatic carbocycles. The largest absolute Gasteiger partial charge is 0.406 e. The Labute approximate surface area is 122 Å². The van der Waals surface area contributed by atoms with E-state index in [1.54, 1.807) is 6.92 Å². The van der Waals surface area contributed by atoms with E-state index in [0.717, 1.165) is 11.3 Å². The van der Waals surface area contributed by atoms with Gasteiger partial charge in [-0.05, 0) is 30.2 Å². The third kappa shape index (κ3) is 3.09. The summed E-state index contributed by atoms with van der Waals surface area (Å²) in [4.78, 5) is 0. The van der Waals surface area contributed by atoms with Crippen LogP contribution in [-0.2, 0) is 0 Å². The molecule has 1 unspecified atom stereocenters. The Morgan fingerprint density at radius 1 is 0.952 bits per heavy atom. The van der Waals surface area contributed by atoms with Gasteiger partial charge < -0.3 is 15.5 Å². The molecule has 106 valence electrons. The number of hydrogen-bond acceptors (Lipinski definition) is 5. The number of aromatic nitrogens is 2. The van der Waals surface area contributed by atoms with Crippen LogP contribution >= 0.6 is 0 Å². The molecule has 0 aliphatic carbocycles. The van der Waals surface area contributed by atoms with Gasteiger partial charge in [0, 0.05) is 5.69 Å². The van der Waals surface area contributed by atoms with E-state index in [9.17, 15) is 0 Å². The maximum Gasteiger partial charge on any atom is 0.320 e. The molecule has 5 nitrogen and oxygen atoms in total. The summed E-state index contributed by atoms with van der Waals surface area (Å²) in [6.07, 6.45) is 0. The highest BCUT2D eigenvalue weighted by Gasteiger charge is 2.09. The fourth-order valence-electron chi connectivity index (χ4n) is 1.97. The zero-order chi connectivity index (χ0) is 14.7. The molecule has 0 amide bonds. The number of rotatable bonds is 4. The molecule has 1 aromatic heterocycles. The number of benzene rings is 2. The van der Waals surface area contributed by atoms with E-state index in [2.05, 4.69) is 27.6 Å². The van der Waals surface area contributed by atoms with E-state index in [1.165, 1.54) is 5.56 Å². The van der Waals surface area contributed by atoms with E-state index in [0.29, 0.717) is 11.9 Å². The van der Waals surface area contributed by atoms with E-state index in [1.807, 2.05) is 42.5 Å². The average molecular weight is 280 g/mol. The van der Waals surface area contributed by atoms with Gasteiger partial charge in [0.2, 0.25) is 5.89 Å². The van der Waals surface area contributed by atoms with Crippen LogP contribution < -0.4 is 11.1 Å². The van der Waals surface area contributed by atoms with Gasteiger partial charge in [-0.15, -0.1) is 5.10 Å². The standard InChI is InChI=1S/C16H16N4O/c1-11(17)15-19-20-16(21-15)18-14-9-7-13(8-10-14)12-5-3-2-4-6-12/h2-11H,17H2,1H3,(H,18,20). The van der Waals surface area contributed by atoms with E-state index in [4.69, 9.17) is 10.2 Å². The van der Waals surface area contributed by atoms with Crippen molar-refractivity contribution in [3.05, 3.63) is 60.5 Å². The SMILES string of the molecule is CC(N)c1nnc(Nc2ccc(-c3ccccc3)cc2)o1. The number of nitrogens with zero attached hydrogens (tertiary/aromatic N) is 2. The number of anilines is 2. The quantitative estimate of drug-likeness (QED) is 0.764. The first-order chi connectivity index (χ1) is 10.2. The lowest BCUT2D eigenvalue weighted by atomic mass is 10.1. The molecule has 1 heterocycles. The molecular formula is C16H16N4O. The van der Waals surface area contributed by atoms with Crippen LogP contribution in [0.25, 0.3) is 11.1 Å². The summed E-state index contributed by atoms with van der Waals surface area (Å²) in [7, 11) is 0. The average Bonchev–Trinajstić information content (AvgIpc) is 2.98. The molecule has 0 bridgehead atoms. The molecule has 0 radical (unpaired) electrons. The van der Waals surface area contributed by atoms with Gasteiger partial charge in [-0.2, -0.15) is 0 Å². The predicted molar refractivity (Wildman–Crippen MR) is 82.1 cm³/mol. The maximum absolute atomic E-state index is 5.68. The Kier molecular flexibility index (Phi) is 3.66. The molecule has 3 N–H and O–H groups in total. The molecule has 21 heavy (non-hydrogen) atoms. The Balaban J connectivity index is 1.75. The van der Waals surface area contributed by atoms with Gasteiger partial charge in [0.15, 0.2) is 0 Å². The van der Waals surface area contributed by atoms with E-state index in [-0.39, 0.29) is 6.04 Å². The maximum atomic E-state index is 5.68. The molecule has 0 fully saturated rings. The minimum Gasteiger partial charge on any atom is -0.406 e. The smallest absolute Gasteiger partial charge is 0.320 e. The van der Waals surface area contributed by atoms with Crippen molar-refractivity contribution < 1.29 is 4.42 Å². The molecule has 0 saturated carbocycles. The van der Waals surface area contributed by atoms with Gasteiger partial charge in [0.25, 0.3) is 0 Å². The van der Waals surface area contributed by atoms with Crippen molar-refractivity contribution in [1.29, 1.82) is 0 Å². The van der Waals surface area contributed by atoms with Gasteiger partial charge in [-0.25, -0.2) is 0 Å². The molecule has 0 saturated heterocycles. The molecule has 3 rings (SSSR count). The van der Waals surface area contributed by atoms with Crippen molar-refractivity contribution in [2.75, 3.05) is 5.32 Å². The van der Waals surface area contributed by atoms with Crippen LogP contribution in [0, 0.1) is 0 Å².